The third kappa shape index (κ3) is 3.03. The first kappa shape index (κ1) is 11.6. The Morgan fingerprint density at radius 3 is 2.57 bits per heavy atom. The largest absolute Gasteiger partial charge is 0.323 e. The SMILES string of the molecule is Cc1cc(Br)ccc1CC(N)C(F)F. The fourth-order valence-corrected chi connectivity index (χ4v) is 1.71. The third-order valence-corrected chi connectivity index (χ3v) is 2.58. The van der Waals surface area contributed by atoms with E-state index < -0.39 is 12.5 Å². The van der Waals surface area contributed by atoms with Crippen molar-refractivity contribution in [2.75, 3.05) is 0 Å². The summed E-state index contributed by atoms with van der Waals surface area (Å²) in [5, 5.41) is 0. The van der Waals surface area contributed by atoms with E-state index in [4.69, 9.17) is 5.73 Å². The quantitative estimate of drug-likeness (QED) is 0.892. The van der Waals surface area contributed by atoms with E-state index in [1.165, 1.54) is 0 Å². The third-order valence-electron chi connectivity index (χ3n) is 2.08. The summed E-state index contributed by atoms with van der Waals surface area (Å²) in [6, 6.07) is 4.48. The first-order valence-electron chi connectivity index (χ1n) is 4.29. The van der Waals surface area contributed by atoms with Crippen LogP contribution in [0.4, 0.5) is 8.78 Å². The number of rotatable bonds is 3. The van der Waals surface area contributed by atoms with Crippen LogP contribution < -0.4 is 5.73 Å². The van der Waals surface area contributed by atoms with Crippen molar-refractivity contribution in [1.82, 2.24) is 0 Å². The summed E-state index contributed by atoms with van der Waals surface area (Å²) in [6.45, 7) is 1.89. The van der Waals surface area contributed by atoms with Crippen molar-refractivity contribution < 1.29 is 8.78 Å². The highest BCUT2D eigenvalue weighted by Crippen LogP contribution is 2.18. The van der Waals surface area contributed by atoms with Crippen LogP contribution in [0.2, 0.25) is 0 Å². The van der Waals surface area contributed by atoms with Gasteiger partial charge in [0.1, 0.15) is 0 Å². The summed E-state index contributed by atoms with van der Waals surface area (Å²) in [6.07, 6.45) is -2.24. The second-order valence-electron chi connectivity index (χ2n) is 3.27. The Labute approximate surface area is 90.4 Å². The average molecular weight is 264 g/mol. The molecule has 14 heavy (non-hydrogen) atoms. The molecule has 4 heteroatoms. The molecule has 0 saturated heterocycles. The molecule has 0 aliphatic heterocycles. The van der Waals surface area contributed by atoms with E-state index in [-0.39, 0.29) is 6.42 Å². The molecule has 1 rings (SSSR count). The number of benzene rings is 1. The lowest BCUT2D eigenvalue weighted by Crippen LogP contribution is -2.31. The minimum absolute atomic E-state index is 0.219. The fraction of sp³-hybridized carbons (Fsp3) is 0.400. The zero-order valence-electron chi connectivity index (χ0n) is 7.81. The first-order valence-corrected chi connectivity index (χ1v) is 5.08. The molecule has 0 amide bonds. The molecule has 2 N–H and O–H groups in total. The molecule has 1 atom stereocenters. The molecule has 0 spiro atoms. The Morgan fingerprint density at radius 2 is 2.07 bits per heavy atom. The van der Waals surface area contributed by atoms with Gasteiger partial charge in [0, 0.05) is 4.47 Å². The second-order valence-corrected chi connectivity index (χ2v) is 4.19. The van der Waals surface area contributed by atoms with Gasteiger partial charge in [0.25, 0.3) is 6.43 Å². The van der Waals surface area contributed by atoms with E-state index in [0.29, 0.717) is 0 Å². The van der Waals surface area contributed by atoms with Crippen LogP contribution in [0.25, 0.3) is 0 Å². The van der Waals surface area contributed by atoms with Crippen molar-refractivity contribution in [2.24, 2.45) is 5.73 Å². The number of hydrogen-bond acceptors (Lipinski definition) is 1. The molecule has 0 radical (unpaired) electrons. The van der Waals surface area contributed by atoms with Crippen molar-refractivity contribution in [3.05, 3.63) is 33.8 Å². The minimum Gasteiger partial charge on any atom is -0.323 e. The van der Waals surface area contributed by atoms with Gasteiger partial charge in [0.2, 0.25) is 0 Å². The van der Waals surface area contributed by atoms with E-state index in [2.05, 4.69) is 15.9 Å². The van der Waals surface area contributed by atoms with Crippen LogP contribution in [0.3, 0.4) is 0 Å². The second kappa shape index (κ2) is 4.84. The predicted molar refractivity (Wildman–Crippen MR) is 56.6 cm³/mol. The normalized spacial score (nSPS) is 13.3. The minimum atomic E-state index is -2.46. The highest BCUT2D eigenvalue weighted by molar-refractivity contribution is 9.10. The van der Waals surface area contributed by atoms with Crippen LogP contribution in [0.15, 0.2) is 22.7 Å². The zero-order chi connectivity index (χ0) is 10.7. The van der Waals surface area contributed by atoms with Gasteiger partial charge in [-0.15, -0.1) is 0 Å². The Kier molecular flexibility index (Phi) is 4.01. The molecular weight excluding hydrogens is 252 g/mol. The van der Waals surface area contributed by atoms with Crippen LogP contribution >= 0.6 is 15.9 Å². The maximum atomic E-state index is 12.2. The summed E-state index contributed by atoms with van der Waals surface area (Å²) >= 11 is 3.31. The molecule has 1 unspecified atom stereocenters. The number of halogens is 3. The molecule has 0 saturated carbocycles. The monoisotopic (exact) mass is 263 g/mol. The standard InChI is InChI=1S/C10H12BrF2N/c1-6-4-8(11)3-2-7(6)5-9(14)10(12)13/h2-4,9-10H,5,14H2,1H3. The van der Waals surface area contributed by atoms with Crippen LogP contribution in [0.1, 0.15) is 11.1 Å². The van der Waals surface area contributed by atoms with Crippen molar-refractivity contribution in [2.45, 2.75) is 25.8 Å². The van der Waals surface area contributed by atoms with E-state index in [0.717, 1.165) is 15.6 Å². The van der Waals surface area contributed by atoms with E-state index in [1.807, 2.05) is 25.1 Å². The van der Waals surface area contributed by atoms with E-state index in [9.17, 15) is 8.78 Å². The van der Waals surface area contributed by atoms with Gasteiger partial charge in [-0.05, 0) is 36.6 Å². The van der Waals surface area contributed by atoms with Gasteiger partial charge < -0.3 is 5.73 Å². The molecule has 1 aromatic rings. The van der Waals surface area contributed by atoms with Gasteiger partial charge in [0.05, 0.1) is 6.04 Å². The number of nitrogens with two attached hydrogens (primary N) is 1. The van der Waals surface area contributed by atoms with Gasteiger partial charge >= 0.3 is 0 Å². The van der Waals surface area contributed by atoms with Crippen LogP contribution in [-0.4, -0.2) is 12.5 Å². The molecule has 0 fully saturated rings. The summed E-state index contributed by atoms with van der Waals surface area (Å²) in [7, 11) is 0. The molecule has 78 valence electrons. The van der Waals surface area contributed by atoms with Crippen molar-refractivity contribution >= 4 is 15.9 Å². The molecule has 0 heterocycles. The summed E-state index contributed by atoms with van der Waals surface area (Å²) < 4.78 is 25.3. The lowest BCUT2D eigenvalue weighted by atomic mass is 10.0. The van der Waals surface area contributed by atoms with Crippen LogP contribution in [-0.2, 0) is 6.42 Å². The number of hydrogen-bond donors (Lipinski definition) is 1. The molecule has 1 nitrogen and oxygen atoms in total. The number of alkyl halides is 2. The molecule has 1 aromatic carbocycles. The molecular formula is C10H12BrF2N. The average Bonchev–Trinajstić information content (AvgIpc) is 2.09. The van der Waals surface area contributed by atoms with Crippen LogP contribution in [0, 0.1) is 6.92 Å². The maximum Gasteiger partial charge on any atom is 0.253 e. The first-order chi connectivity index (χ1) is 6.50. The van der Waals surface area contributed by atoms with Crippen molar-refractivity contribution in [1.29, 1.82) is 0 Å². The fourth-order valence-electron chi connectivity index (χ4n) is 1.23. The summed E-state index contributed by atoms with van der Waals surface area (Å²) in [4.78, 5) is 0. The van der Waals surface area contributed by atoms with Crippen LogP contribution in [0.5, 0.6) is 0 Å². The number of aryl methyl sites for hydroxylation is 1. The Balaban J connectivity index is 2.77. The molecule has 0 aromatic heterocycles. The van der Waals surface area contributed by atoms with E-state index >= 15 is 0 Å². The lowest BCUT2D eigenvalue weighted by molar-refractivity contribution is 0.116. The van der Waals surface area contributed by atoms with Gasteiger partial charge in [-0.2, -0.15) is 0 Å². The zero-order valence-corrected chi connectivity index (χ0v) is 9.39. The lowest BCUT2D eigenvalue weighted by Gasteiger charge is -2.12. The Morgan fingerprint density at radius 1 is 1.43 bits per heavy atom. The van der Waals surface area contributed by atoms with Crippen molar-refractivity contribution in [3.63, 3.8) is 0 Å². The van der Waals surface area contributed by atoms with Gasteiger partial charge in [-0.25, -0.2) is 8.78 Å². The molecule has 0 bridgehead atoms. The predicted octanol–water partition coefficient (Wildman–Crippen LogP) is 2.89. The van der Waals surface area contributed by atoms with Gasteiger partial charge in [-0.1, -0.05) is 22.0 Å². The summed E-state index contributed by atoms with van der Waals surface area (Å²) in [5.74, 6) is 0. The Hall–Kier alpha value is -0.480. The molecule has 0 aliphatic carbocycles. The molecule has 0 aliphatic rings. The smallest absolute Gasteiger partial charge is 0.253 e. The topological polar surface area (TPSA) is 26.0 Å². The highest BCUT2D eigenvalue weighted by Gasteiger charge is 2.16. The van der Waals surface area contributed by atoms with Gasteiger partial charge in [0.15, 0.2) is 0 Å². The summed E-state index contributed by atoms with van der Waals surface area (Å²) in [5.41, 5.74) is 7.15. The maximum absolute atomic E-state index is 12.2. The van der Waals surface area contributed by atoms with Gasteiger partial charge in [-0.3, -0.25) is 0 Å². The highest BCUT2D eigenvalue weighted by atomic mass is 79.9. The van der Waals surface area contributed by atoms with E-state index in [1.54, 1.807) is 0 Å². The van der Waals surface area contributed by atoms with Crippen molar-refractivity contribution in [3.8, 4) is 0 Å². The Bertz CT molecular complexity index is 315.